The average molecular weight is 487 g/mol. The maximum absolute atomic E-state index is 13.2. The van der Waals surface area contributed by atoms with Crippen molar-refractivity contribution in [1.29, 1.82) is 0 Å². The number of nitrogens with one attached hydrogen (secondary N) is 2. The summed E-state index contributed by atoms with van der Waals surface area (Å²) < 4.78 is 23.7. The molecule has 27 heavy (non-hydrogen) atoms. The summed E-state index contributed by atoms with van der Waals surface area (Å²) in [5, 5.41) is 6.54. The van der Waals surface area contributed by atoms with E-state index in [-0.39, 0.29) is 29.8 Å². The molecule has 0 bridgehead atoms. The van der Waals surface area contributed by atoms with Crippen LogP contribution in [0.25, 0.3) is 0 Å². The van der Waals surface area contributed by atoms with Gasteiger partial charge >= 0.3 is 0 Å². The average Bonchev–Trinajstić information content (AvgIpc) is 2.65. The Balaban J connectivity index is 0.00000364. The van der Waals surface area contributed by atoms with Crippen molar-refractivity contribution in [3.63, 3.8) is 0 Å². The van der Waals surface area contributed by atoms with Crippen molar-refractivity contribution in [3.05, 3.63) is 58.9 Å². The lowest BCUT2D eigenvalue weighted by Gasteiger charge is -2.14. The van der Waals surface area contributed by atoms with Crippen molar-refractivity contribution in [3.8, 4) is 11.5 Å². The van der Waals surface area contributed by atoms with Gasteiger partial charge < -0.3 is 20.1 Å². The lowest BCUT2D eigenvalue weighted by Crippen LogP contribution is -2.37. The molecule has 5 nitrogen and oxygen atoms in total. The highest BCUT2D eigenvalue weighted by Crippen LogP contribution is 2.27. The van der Waals surface area contributed by atoms with Crippen molar-refractivity contribution in [1.82, 2.24) is 10.6 Å². The van der Waals surface area contributed by atoms with Crippen LogP contribution in [0, 0.1) is 12.7 Å². The van der Waals surface area contributed by atoms with E-state index in [2.05, 4.69) is 15.6 Å². The molecule has 2 aromatic rings. The third-order valence-electron chi connectivity index (χ3n) is 4.12. The van der Waals surface area contributed by atoms with E-state index in [4.69, 9.17) is 9.47 Å². The third-order valence-corrected chi connectivity index (χ3v) is 4.12. The van der Waals surface area contributed by atoms with E-state index in [0.29, 0.717) is 30.5 Å². The molecule has 0 aromatic heterocycles. The Morgan fingerprint density at radius 2 is 1.78 bits per heavy atom. The molecule has 0 atom stereocenters. The number of rotatable bonds is 7. The highest BCUT2D eigenvalue weighted by atomic mass is 127. The standard InChI is InChI=1S/C20H26FN3O2.HI/c1-14-11-17(21)7-6-16(14)9-10-23-20(22-2)24-13-15-5-8-18(25-3)19(12-15)26-4;/h5-8,11-12H,9-10,13H2,1-4H3,(H2,22,23,24);1H. The Morgan fingerprint density at radius 3 is 2.41 bits per heavy atom. The van der Waals surface area contributed by atoms with Gasteiger partial charge in [-0.15, -0.1) is 24.0 Å². The molecule has 2 aromatic carbocycles. The molecule has 148 valence electrons. The first-order valence-electron chi connectivity index (χ1n) is 8.47. The number of hydrogen-bond acceptors (Lipinski definition) is 3. The molecule has 0 aliphatic heterocycles. The fourth-order valence-electron chi connectivity index (χ4n) is 2.65. The number of guanidine groups is 1. The van der Waals surface area contributed by atoms with Crippen molar-refractivity contribution in [2.75, 3.05) is 27.8 Å². The van der Waals surface area contributed by atoms with Crippen LogP contribution < -0.4 is 20.1 Å². The highest BCUT2D eigenvalue weighted by molar-refractivity contribution is 14.0. The minimum Gasteiger partial charge on any atom is -0.493 e. The zero-order valence-electron chi connectivity index (χ0n) is 16.1. The number of ether oxygens (including phenoxy) is 2. The second-order valence-corrected chi connectivity index (χ2v) is 5.86. The molecule has 0 heterocycles. The molecule has 0 amide bonds. The lowest BCUT2D eigenvalue weighted by atomic mass is 10.1. The van der Waals surface area contributed by atoms with Crippen LogP contribution in [0.4, 0.5) is 4.39 Å². The predicted molar refractivity (Wildman–Crippen MR) is 118 cm³/mol. The molecule has 0 fully saturated rings. The summed E-state index contributed by atoms with van der Waals surface area (Å²) in [5.74, 6) is 1.90. The maximum atomic E-state index is 13.2. The minimum absolute atomic E-state index is 0. The molecule has 0 saturated heterocycles. The molecule has 2 rings (SSSR count). The summed E-state index contributed by atoms with van der Waals surface area (Å²) in [6, 6.07) is 10.7. The van der Waals surface area contributed by atoms with Crippen LogP contribution in [-0.4, -0.2) is 33.8 Å². The lowest BCUT2D eigenvalue weighted by molar-refractivity contribution is 0.354. The molecule has 0 aliphatic carbocycles. The summed E-state index contributed by atoms with van der Waals surface area (Å²) in [4.78, 5) is 4.23. The van der Waals surface area contributed by atoms with E-state index in [1.165, 1.54) is 6.07 Å². The van der Waals surface area contributed by atoms with Gasteiger partial charge in [-0.1, -0.05) is 12.1 Å². The van der Waals surface area contributed by atoms with E-state index < -0.39 is 0 Å². The molecular weight excluding hydrogens is 460 g/mol. The van der Waals surface area contributed by atoms with Gasteiger partial charge in [0.15, 0.2) is 17.5 Å². The topological polar surface area (TPSA) is 54.9 Å². The zero-order valence-corrected chi connectivity index (χ0v) is 18.5. The van der Waals surface area contributed by atoms with Crippen molar-refractivity contribution in [2.24, 2.45) is 4.99 Å². The van der Waals surface area contributed by atoms with Gasteiger partial charge in [-0.2, -0.15) is 0 Å². The summed E-state index contributed by atoms with van der Waals surface area (Å²) in [6.07, 6.45) is 0.795. The van der Waals surface area contributed by atoms with Gasteiger partial charge in [0.05, 0.1) is 14.2 Å². The summed E-state index contributed by atoms with van der Waals surface area (Å²) in [7, 11) is 4.96. The Labute approximate surface area is 177 Å². The highest BCUT2D eigenvalue weighted by Gasteiger charge is 2.06. The fourth-order valence-corrected chi connectivity index (χ4v) is 2.65. The minimum atomic E-state index is -0.202. The van der Waals surface area contributed by atoms with Crippen molar-refractivity contribution < 1.29 is 13.9 Å². The molecule has 0 aliphatic rings. The molecular formula is C20H27FIN3O2. The second kappa shape index (κ2) is 11.6. The van der Waals surface area contributed by atoms with Crippen molar-refractivity contribution >= 4 is 29.9 Å². The molecule has 0 saturated carbocycles. The normalized spacial score (nSPS) is 10.8. The van der Waals surface area contributed by atoms with Crippen LogP contribution in [-0.2, 0) is 13.0 Å². The van der Waals surface area contributed by atoms with E-state index in [1.807, 2.05) is 31.2 Å². The predicted octanol–water partition coefficient (Wildman–Crippen LogP) is 3.68. The Bertz CT molecular complexity index is 769. The van der Waals surface area contributed by atoms with Gasteiger partial charge in [0.2, 0.25) is 0 Å². The van der Waals surface area contributed by atoms with Crippen LogP contribution in [0.2, 0.25) is 0 Å². The number of methoxy groups -OCH3 is 2. The smallest absolute Gasteiger partial charge is 0.191 e. The summed E-state index contributed by atoms with van der Waals surface area (Å²) >= 11 is 0. The van der Waals surface area contributed by atoms with Gasteiger partial charge in [-0.05, 0) is 54.3 Å². The second-order valence-electron chi connectivity index (χ2n) is 5.86. The van der Waals surface area contributed by atoms with Gasteiger partial charge in [-0.3, -0.25) is 4.99 Å². The number of nitrogens with zero attached hydrogens (tertiary/aromatic N) is 1. The molecule has 2 N–H and O–H groups in total. The summed E-state index contributed by atoms with van der Waals surface area (Å²) in [5.41, 5.74) is 3.13. The zero-order chi connectivity index (χ0) is 18.9. The first kappa shape index (κ1) is 23.0. The molecule has 0 unspecified atom stereocenters. The third kappa shape index (κ3) is 6.89. The Morgan fingerprint density at radius 1 is 1.04 bits per heavy atom. The summed E-state index contributed by atoms with van der Waals surface area (Å²) in [6.45, 7) is 3.23. The van der Waals surface area contributed by atoms with E-state index >= 15 is 0 Å². The molecule has 0 spiro atoms. The maximum Gasteiger partial charge on any atom is 0.191 e. The van der Waals surface area contributed by atoms with Crippen LogP contribution in [0.15, 0.2) is 41.4 Å². The molecule has 7 heteroatoms. The van der Waals surface area contributed by atoms with Gasteiger partial charge in [0, 0.05) is 20.1 Å². The number of benzene rings is 2. The van der Waals surface area contributed by atoms with Gasteiger partial charge in [0.25, 0.3) is 0 Å². The Hall–Kier alpha value is -2.03. The van der Waals surface area contributed by atoms with Crippen LogP contribution in [0.5, 0.6) is 11.5 Å². The fraction of sp³-hybridized carbons (Fsp3) is 0.350. The number of aryl methyl sites for hydroxylation is 1. The van der Waals surface area contributed by atoms with Crippen LogP contribution in [0.1, 0.15) is 16.7 Å². The number of halogens is 2. The largest absolute Gasteiger partial charge is 0.493 e. The first-order chi connectivity index (χ1) is 12.6. The first-order valence-corrected chi connectivity index (χ1v) is 8.47. The van der Waals surface area contributed by atoms with E-state index in [1.54, 1.807) is 27.3 Å². The quantitative estimate of drug-likeness (QED) is 0.356. The van der Waals surface area contributed by atoms with E-state index in [9.17, 15) is 4.39 Å². The van der Waals surface area contributed by atoms with Gasteiger partial charge in [0.1, 0.15) is 5.82 Å². The SMILES string of the molecule is CN=C(NCCc1ccc(F)cc1C)NCc1ccc(OC)c(OC)c1.I. The number of aliphatic imine (C=N–C) groups is 1. The van der Waals surface area contributed by atoms with Crippen molar-refractivity contribution in [2.45, 2.75) is 19.9 Å². The van der Waals surface area contributed by atoms with Crippen LogP contribution >= 0.6 is 24.0 Å². The molecule has 0 radical (unpaired) electrons. The van der Waals surface area contributed by atoms with Crippen LogP contribution in [0.3, 0.4) is 0 Å². The van der Waals surface area contributed by atoms with E-state index in [0.717, 1.165) is 23.1 Å². The Kier molecular flexibility index (Phi) is 9.92. The number of hydrogen-bond donors (Lipinski definition) is 2. The van der Waals surface area contributed by atoms with Gasteiger partial charge in [-0.25, -0.2) is 4.39 Å². The monoisotopic (exact) mass is 487 g/mol.